The highest BCUT2D eigenvalue weighted by molar-refractivity contribution is 6.03. The van der Waals surface area contributed by atoms with Gasteiger partial charge in [0.15, 0.2) is 11.6 Å². The van der Waals surface area contributed by atoms with Gasteiger partial charge in [-0.25, -0.2) is 0 Å². The molecule has 2 aromatic rings. The topological polar surface area (TPSA) is 60.9 Å². The van der Waals surface area contributed by atoms with Crippen LogP contribution in [0, 0.1) is 0 Å². The van der Waals surface area contributed by atoms with Gasteiger partial charge < -0.3 is 5.11 Å². The fourth-order valence-corrected chi connectivity index (χ4v) is 5.56. The number of benzene rings is 2. The van der Waals surface area contributed by atoms with Gasteiger partial charge in [-0.3, -0.25) is 19.4 Å². The van der Waals surface area contributed by atoms with Crippen molar-refractivity contribution in [3.05, 3.63) is 70.8 Å². The number of nitrogens with zero attached hydrogens (tertiary/aromatic N) is 2. The van der Waals surface area contributed by atoms with Gasteiger partial charge in [-0.05, 0) is 90.7 Å². The van der Waals surface area contributed by atoms with Crippen LogP contribution in [0.2, 0.25) is 0 Å². The van der Waals surface area contributed by atoms with Crippen LogP contribution in [0.5, 0.6) is 0 Å². The first kappa shape index (κ1) is 35.9. The fraction of sp³-hybridized carbons (Fsp3) is 0.622. The molecule has 2 rings (SSSR count). The third-order valence-corrected chi connectivity index (χ3v) is 8.80. The summed E-state index contributed by atoms with van der Waals surface area (Å²) in [4.78, 5) is 31.8. The molecule has 0 heterocycles. The number of carbonyl (C=O) groups excluding carboxylic acids is 2. The van der Waals surface area contributed by atoms with E-state index < -0.39 is 17.2 Å². The number of hydrogen-bond acceptors (Lipinski definition) is 5. The maximum absolute atomic E-state index is 13.6. The van der Waals surface area contributed by atoms with Crippen molar-refractivity contribution >= 4 is 11.6 Å². The summed E-state index contributed by atoms with van der Waals surface area (Å²) < 4.78 is 0. The van der Waals surface area contributed by atoms with Crippen LogP contribution >= 0.6 is 0 Å². The van der Waals surface area contributed by atoms with Gasteiger partial charge in [0, 0.05) is 11.1 Å². The minimum absolute atomic E-state index is 0.105. The zero-order valence-electron chi connectivity index (χ0n) is 27.8. The van der Waals surface area contributed by atoms with Gasteiger partial charge in [-0.1, -0.05) is 102 Å². The summed E-state index contributed by atoms with van der Waals surface area (Å²) in [6.07, 6.45) is 7.85. The maximum atomic E-state index is 13.6. The van der Waals surface area contributed by atoms with E-state index in [1.807, 2.05) is 76.2 Å². The summed E-state index contributed by atoms with van der Waals surface area (Å²) in [7, 11) is 0. The van der Waals surface area contributed by atoms with Crippen LogP contribution < -0.4 is 0 Å². The lowest BCUT2D eigenvalue weighted by molar-refractivity contribution is 0.0626. The Bertz CT molecular complexity index is 985. The van der Waals surface area contributed by atoms with Crippen LogP contribution in [0.15, 0.2) is 48.5 Å². The summed E-state index contributed by atoms with van der Waals surface area (Å²) in [6, 6.07) is 14.7. The molecule has 0 unspecified atom stereocenters. The van der Waals surface area contributed by atoms with Crippen LogP contribution in [0.1, 0.15) is 145 Å². The molecule has 0 atom stereocenters. The van der Waals surface area contributed by atoms with Crippen molar-refractivity contribution in [3.63, 3.8) is 0 Å². The Morgan fingerprint density at radius 1 is 0.571 bits per heavy atom. The highest BCUT2D eigenvalue weighted by Gasteiger charge is 2.35. The van der Waals surface area contributed by atoms with E-state index in [9.17, 15) is 14.7 Å². The van der Waals surface area contributed by atoms with Gasteiger partial charge in [0.1, 0.15) is 6.10 Å². The predicted octanol–water partition coefficient (Wildman–Crippen LogP) is 8.50. The second-order valence-corrected chi connectivity index (χ2v) is 12.8. The lowest BCUT2D eigenvalue weighted by atomic mass is 9.88. The SMILES string of the molecule is CCCCN(CCCC)C(C)(C)C(=O)c1ccc(C(O)c2ccc(C(=O)C(C)(C)N(CCCC)CCCC)cc2)cc1. The first-order chi connectivity index (χ1) is 19.9. The van der Waals surface area contributed by atoms with E-state index in [4.69, 9.17) is 0 Å². The van der Waals surface area contributed by atoms with Crippen molar-refractivity contribution in [3.8, 4) is 0 Å². The molecule has 0 aliphatic heterocycles. The minimum Gasteiger partial charge on any atom is -0.384 e. The van der Waals surface area contributed by atoms with Crippen molar-refractivity contribution in [1.29, 1.82) is 0 Å². The number of Topliss-reactive ketones (excluding diaryl/α,β-unsaturated/α-hetero) is 2. The molecule has 5 nitrogen and oxygen atoms in total. The molecule has 0 spiro atoms. The molecule has 0 aliphatic rings. The highest BCUT2D eigenvalue weighted by atomic mass is 16.3. The summed E-state index contributed by atoms with van der Waals surface area (Å²) >= 11 is 0. The summed E-state index contributed by atoms with van der Waals surface area (Å²) in [5.41, 5.74) is 1.58. The highest BCUT2D eigenvalue weighted by Crippen LogP contribution is 2.28. The number of aliphatic hydroxyl groups is 1. The zero-order valence-corrected chi connectivity index (χ0v) is 27.8. The molecule has 0 radical (unpaired) electrons. The van der Waals surface area contributed by atoms with E-state index in [2.05, 4.69) is 37.5 Å². The number of aliphatic hydroxyl groups excluding tert-OH is 1. The maximum Gasteiger partial charge on any atom is 0.182 e. The third-order valence-electron chi connectivity index (χ3n) is 8.80. The van der Waals surface area contributed by atoms with E-state index in [1.165, 1.54) is 0 Å². The van der Waals surface area contributed by atoms with Gasteiger partial charge in [0.05, 0.1) is 11.1 Å². The molecule has 0 saturated carbocycles. The average Bonchev–Trinajstić information content (AvgIpc) is 2.99. The standard InChI is InChI=1S/C37H58N2O3/c1-9-13-25-38(26-14-10-2)36(5,6)34(41)31-21-17-29(18-22-31)33(40)30-19-23-32(24-20-30)35(42)37(7,8)39(27-15-11-3)28-16-12-4/h17-24,33,40H,9-16,25-28H2,1-8H3. The number of unbranched alkanes of at least 4 members (excludes halogenated alkanes) is 4. The van der Waals surface area contributed by atoms with E-state index in [0.717, 1.165) is 88.7 Å². The molecule has 0 saturated heterocycles. The van der Waals surface area contributed by atoms with Gasteiger partial charge in [0.25, 0.3) is 0 Å². The lowest BCUT2D eigenvalue weighted by Crippen LogP contribution is -2.51. The summed E-state index contributed by atoms with van der Waals surface area (Å²) in [5, 5.41) is 11.1. The molecule has 0 amide bonds. The van der Waals surface area contributed by atoms with Crippen molar-refractivity contribution < 1.29 is 14.7 Å². The fourth-order valence-electron chi connectivity index (χ4n) is 5.56. The predicted molar refractivity (Wildman–Crippen MR) is 177 cm³/mol. The van der Waals surface area contributed by atoms with E-state index >= 15 is 0 Å². The van der Waals surface area contributed by atoms with Crippen LogP contribution in [0.25, 0.3) is 0 Å². The number of rotatable bonds is 20. The van der Waals surface area contributed by atoms with Crippen molar-refractivity contribution in [1.82, 2.24) is 9.80 Å². The zero-order chi connectivity index (χ0) is 31.3. The molecule has 234 valence electrons. The molecule has 42 heavy (non-hydrogen) atoms. The van der Waals surface area contributed by atoms with E-state index in [1.54, 1.807) is 0 Å². The molecule has 0 aliphatic carbocycles. The molecular weight excluding hydrogens is 520 g/mol. The van der Waals surface area contributed by atoms with Crippen LogP contribution in [0.3, 0.4) is 0 Å². The van der Waals surface area contributed by atoms with Crippen LogP contribution in [-0.4, -0.2) is 63.7 Å². The minimum atomic E-state index is -0.837. The Balaban J connectivity index is 2.18. The number of carbonyl (C=O) groups is 2. The summed E-state index contributed by atoms with van der Waals surface area (Å²) in [6.45, 7) is 20.5. The van der Waals surface area contributed by atoms with Crippen molar-refractivity contribution in [2.75, 3.05) is 26.2 Å². The van der Waals surface area contributed by atoms with Crippen molar-refractivity contribution in [2.24, 2.45) is 0 Å². The Hall–Kier alpha value is -2.34. The van der Waals surface area contributed by atoms with E-state index in [0.29, 0.717) is 11.1 Å². The first-order valence-electron chi connectivity index (χ1n) is 16.4. The smallest absolute Gasteiger partial charge is 0.182 e. The van der Waals surface area contributed by atoms with Gasteiger partial charge >= 0.3 is 0 Å². The second kappa shape index (κ2) is 17.1. The average molecular weight is 579 g/mol. The molecule has 1 N–H and O–H groups in total. The molecular formula is C37H58N2O3. The quantitative estimate of drug-likeness (QED) is 0.160. The van der Waals surface area contributed by atoms with Gasteiger partial charge in [-0.15, -0.1) is 0 Å². The Morgan fingerprint density at radius 3 is 1.07 bits per heavy atom. The first-order valence-corrected chi connectivity index (χ1v) is 16.4. The van der Waals surface area contributed by atoms with E-state index in [-0.39, 0.29) is 11.6 Å². The molecule has 5 heteroatoms. The largest absolute Gasteiger partial charge is 0.384 e. The molecule has 0 fully saturated rings. The van der Waals surface area contributed by atoms with Crippen molar-refractivity contribution in [2.45, 2.75) is 124 Å². The molecule has 0 bridgehead atoms. The monoisotopic (exact) mass is 578 g/mol. The van der Waals surface area contributed by atoms with Crippen LogP contribution in [-0.2, 0) is 0 Å². The van der Waals surface area contributed by atoms with Gasteiger partial charge in [0.2, 0.25) is 0 Å². The Labute approximate surface area is 256 Å². The number of ketones is 2. The normalized spacial score (nSPS) is 12.5. The number of hydrogen-bond donors (Lipinski definition) is 1. The third kappa shape index (κ3) is 9.33. The van der Waals surface area contributed by atoms with Gasteiger partial charge in [-0.2, -0.15) is 0 Å². The lowest BCUT2D eigenvalue weighted by Gasteiger charge is -2.37. The Kier molecular flexibility index (Phi) is 14.6. The molecule has 2 aromatic carbocycles. The molecule has 0 aromatic heterocycles. The summed E-state index contributed by atoms with van der Waals surface area (Å²) in [5.74, 6) is 0.210. The Morgan fingerprint density at radius 2 is 0.833 bits per heavy atom. The second-order valence-electron chi connectivity index (χ2n) is 12.8. The van der Waals surface area contributed by atoms with Crippen LogP contribution in [0.4, 0.5) is 0 Å².